The molecule has 2 aromatic carbocycles. The molecule has 0 spiro atoms. The zero-order chi connectivity index (χ0) is 18.1. The lowest BCUT2D eigenvalue weighted by atomic mass is 10.1. The normalized spacial score (nSPS) is 11.1. The molecule has 0 aromatic heterocycles. The fraction of sp³-hybridized carbons (Fsp3) is 0.278. The lowest BCUT2D eigenvalue weighted by molar-refractivity contribution is -0.120. The maximum atomic E-state index is 12.0. The first kappa shape index (κ1) is 19.0. The zero-order valence-corrected chi connectivity index (χ0v) is 14.9. The monoisotopic (exact) mass is 362 g/mol. The van der Waals surface area contributed by atoms with E-state index in [2.05, 4.69) is 10.0 Å². The quantitative estimate of drug-likeness (QED) is 0.711. The van der Waals surface area contributed by atoms with Gasteiger partial charge in [-0.1, -0.05) is 36.4 Å². The van der Waals surface area contributed by atoms with Crippen LogP contribution in [0.5, 0.6) is 5.75 Å². The van der Waals surface area contributed by atoms with Crippen LogP contribution in [0.3, 0.4) is 0 Å². The molecule has 2 aromatic rings. The van der Waals surface area contributed by atoms with Crippen molar-refractivity contribution in [2.75, 3.05) is 20.2 Å². The molecule has 0 heterocycles. The number of amides is 1. The fourth-order valence-electron chi connectivity index (χ4n) is 2.32. The molecule has 0 atom stereocenters. The van der Waals surface area contributed by atoms with Crippen molar-refractivity contribution >= 4 is 15.9 Å². The number of carbonyl (C=O) groups is 1. The Labute approximate surface area is 148 Å². The van der Waals surface area contributed by atoms with Crippen molar-refractivity contribution in [2.45, 2.75) is 17.7 Å². The number of ether oxygens (including phenoxy) is 1. The molecule has 0 unspecified atom stereocenters. The zero-order valence-electron chi connectivity index (χ0n) is 14.1. The molecule has 0 aliphatic carbocycles. The van der Waals surface area contributed by atoms with Gasteiger partial charge in [-0.15, -0.1) is 0 Å². The summed E-state index contributed by atoms with van der Waals surface area (Å²) in [5, 5.41) is 2.78. The molecule has 1 amide bonds. The molecule has 0 fully saturated rings. The van der Waals surface area contributed by atoms with Crippen LogP contribution in [0.1, 0.15) is 12.0 Å². The first-order valence-electron chi connectivity index (χ1n) is 7.96. The third-order valence-corrected chi connectivity index (χ3v) is 5.08. The van der Waals surface area contributed by atoms with Crippen LogP contribution in [0.2, 0.25) is 0 Å². The first-order chi connectivity index (χ1) is 12.0. The average Bonchev–Trinajstić information content (AvgIpc) is 2.63. The standard InChI is InChI=1S/C18H22N2O4S/c1-24-17-10-6-5-7-15(17)11-13-19-18(21)12-14-20-25(22,23)16-8-3-2-4-9-16/h2-10,20H,11-14H2,1H3,(H,19,21). The minimum Gasteiger partial charge on any atom is -0.496 e. The Morgan fingerprint density at radius 3 is 2.40 bits per heavy atom. The Balaban J connectivity index is 1.72. The molecule has 7 heteroatoms. The molecule has 0 saturated heterocycles. The molecule has 134 valence electrons. The second-order valence-electron chi connectivity index (χ2n) is 5.37. The third kappa shape index (κ3) is 5.88. The number of para-hydroxylation sites is 1. The molecule has 0 radical (unpaired) electrons. The van der Waals surface area contributed by atoms with Gasteiger partial charge in [0.05, 0.1) is 12.0 Å². The van der Waals surface area contributed by atoms with E-state index in [1.165, 1.54) is 12.1 Å². The van der Waals surface area contributed by atoms with E-state index in [0.717, 1.165) is 11.3 Å². The SMILES string of the molecule is COc1ccccc1CCNC(=O)CCNS(=O)(=O)c1ccccc1. The summed E-state index contributed by atoms with van der Waals surface area (Å²) in [7, 11) is -1.97. The van der Waals surface area contributed by atoms with Crippen LogP contribution < -0.4 is 14.8 Å². The minimum atomic E-state index is -3.57. The molecule has 0 saturated carbocycles. The molecule has 6 nitrogen and oxygen atoms in total. The first-order valence-corrected chi connectivity index (χ1v) is 9.44. The van der Waals surface area contributed by atoms with E-state index in [1.54, 1.807) is 25.3 Å². The van der Waals surface area contributed by atoms with Crippen LogP contribution >= 0.6 is 0 Å². The minimum absolute atomic E-state index is 0.0533. The summed E-state index contributed by atoms with van der Waals surface area (Å²) in [6, 6.07) is 15.7. The number of nitrogens with one attached hydrogen (secondary N) is 2. The lowest BCUT2D eigenvalue weighted by Gasteiger charge is -2.09. The third-order valence-electron chi connectivity index (χ3n) is 3.61. The number of sulfonamides is 1. The number of methoxy groups -OCH3 is 1. The summed E-state index contributed by atoms with van der Waals surface area (Å²) in [5.74, 6) is 0.582. The van der Waals surface area contributed by atoms with Crippen LogP contribution in [-0.4, -0.2) is 34.5 Å². The van der Waals surface area contributed by atoms with E-state index in [1.807, 2.05) is 24.3 Å². The molecule has 2 N–H and O–H groups in total. The molecule has 0 bridgehead atoms. The summed E-state index contributed by atoms with van der Waals surface area (Å²) in [5.41, 5.74) is 1.01. The van der Waals surface area contributed by atoms with E-state index in [9.17, 15) is 13.2 Å². The maximum Gasteiger partial charge on any atom is 0.240 e. The van der Waals surface area contributed by atoms with Crippen molar-refractivity contribution in [3.63, 3.8) is 0 Å². The van der Waals surface area contributed by atoms with Gasteiger partial charge >= 0.3 is 0 Å². The van der Waals surface area contributed by atoms with Crippen molar-refractivity contribution in [2.24, 2.45) is 0 Å². The lowest BCUT2D eigenvalue weighted by Crippen LogP contribution is -2.31. The number of carbonyl (C=O) groups excluding carboxylic acids is 1. The predicted octanol–water partition coefficient (Wildman–Crippen LogP) is 1.72. The second-order valence-corrected chi connectivity index (χ2v) is 7.14. The topological polar surface area (TPSA) is 84.5 Å². The van der Waals surface area contributed by atoms with Crippen molar-refractivity contribution in [3.8, 4) is 5.75 Å². The van der Waals surface area contributed by atoms with Gasteiger partial charge in [0.15, 0.2) is 0 Å². The smallest absolute Gasteiger partial charge is 0.240 e. The van der Waals surface area contributed by atoms with Crippen molar-refractivity contribution < 1.29 is 17.9 Å². The summed E-state index contributed by atoms with van der Waals surface area (Å²) >= 11 is 0. The van der Waals surface area contributed by atoms with Gasteiger partial charge in [0, 0.05) is 19.5 Å². The largest absolute Gasteiger partial charge is 0.496 e. The van der Waals surface area contributed by atoms with Crippen LogP contribution in [0.15, 0.2) is 59.5 Å². The van der Waals surface area contributed by atoms with E-state index >= 15 is 0 Å². The summed E-state index contributed by atoms with van der Waals surface area (Å²) in [6.07, 6.45) is 0.726. The molecule has 0 aliphatic heterocycles. The fourth-order valence-corrected chi connectivity index (χ4v) is 3.37. The number of hydrogen-bond acceptors (Lipinski definition) is 4. The molecular formula is C18H22N2O4S. The van der Waals surface area contributed by atoms with Gasteiger partial charge in [0.2, 0.25) is 15.9 Å². The van der Waals surface area contributed by atoms with Gasteiger partial charge in [-0.25, -0.2) is 13.1 Å². The highest BCUT2D eigenvalue weighted by Gasteiger charge is 2.13. The Kier molecular flexibility index (Phi) is 6.97. The van der Waals surface area contributed by atoms with E-state index in [-0.39, 0.29) is 23.8 Å². The Bertz CT molecular complexity index is 792. The van der Waals surface area contributed by atoms with E-state index in [4.69, 9.17) is 4.74 Å². The molecule has 2 rings (SSSR count). The molecule has 25 heavy (non-hydrogen) atoms. The number of rotatable bonds is 9. The van der Waals surface area contributed by atoms with E-state index in [0.29, 0.717) is 13.0 Å². The van der Waals surface area contributed by atoms with Gasteiger partial charge in [0.1, 0.15) is 5.75 Å². The highest BCUT2D eigenvalue weighted by Crippen LogP contribution is 2.17. The summed E-state index contributed by atoms with van der Waals surface area (Å²) in [6.45, 7) is 0.516. The maximum absolute atomic E-state index is 12.0. The summed E-state index contributed by atoms with van der Waals surface area (Å²) in [4.78, 5) is 12.0. The van der Waals surface area contributed by atoms with Crippen molar-refractivity contribution in [1.82, 2.24) is 10.0 Å². The Morgan fingerprint density at radius 2 is 1.68 bits per heavy atom. The van der Waals surface area contributed by atoms with Crippen LogP contribution in [-0.2, 0) is 21.2 Å². The van der Waals surface area contributed by atoms with Gasteiger partial charge < -0.3 is 10.1 Å². The summed E-state index contributed by atoms with van der Waals surface area (Å²) < 4.78 is 31.7. The van der Waals surface area contributed by atoms with Crippen LogP contribution in [0.25, 0.3) is 0 Å². The van der Waals surface area contributed by atoms with Gasteiger partial charge in [0.25, 0.3) is 0 Å². The van der Waals surface area contributed by atoms with Gasteiger partial charge in [-0.3, -0.25) is 4.79 Å². The van der Waals surface area contributed by atoms with Gasteiger partial charge in [-0.2, -0.15) is 0 Å². The average molecular weight is 362 g/mol. The van der Waals surface area contributed by atoms with Crippen molar-refractivity contribution in [3.05, 3.63) is 60.2 Å². The van der Waals surface area contributed by atoms with E-state index < -0.39 is 10.0 Å². The number of benzene rings is 2. The van der Waals surface area contributed by atoms with Gasteiger partial charge in [-0.05, 0) is 30.2 Å². The predicted molar refractivity (Wildman–Crippen MR) is 96.0 cm³/mol. The van der Waals surface area contributed by atoms with Crippen LogP contribution in [0, 0.1) is 0 Å². The Morgan fingerprint density at radius 1 is 1.00 bits per heavy atom. The Hall–Kier alpha value is -2.38. The second kappa shape index (κ2) is 9.19. The molecule has 0 aliphatic rings. The molecular weight excluding hydrogens is 340 g/mol. The van der Waals surface area contributed by atoms with Crippen molar-refractivity contribution in [1.29, 1.82) is 0 Å². The van der Waals surface area contributed by atoms with Crippen LogP contribution in [0.4, 0.5) is 0 Å². The highest BCUT2D eigenvalue weighted by atomic mass is 32.2. The highest BCUT2D eigenvalue weighted by molar-refractivity contribution is 7.89. The number of hydrogen-bond donors (Lipinski definition) is 2.